The summed E-state index contributed by atoms with van der Waals surface area (Å²) in [6, 6.07) is 6.80. The molecule has 2 aromatic rings. The summed E-state index contributed by atoms with van der Waals surface area (Å²) in [5.74, 6) is 1.85. The van der Waals surface area contributed by atoms with E-state index in [0.717, 1.165) is 56.0 Å². The van der Waals surface area contributed by atoms with Crippen molar-refractivity contribution in [2.75, 3.05) is 6.54 Å². The molecule has 0 amide bonds. The first kappa shape index (κ1) is 16.2. The van der Waals surface area contributed by atoms with E-state index >= 15 is 0 Å². The number of rotatable bonds is 3. The van der Waals surface area contributed by atoms with Crippen molar-refractivity contribution in [1.82, 2.24) is 19.7 Å². The van der Waals surface area contributed by atoms with Gasteiger partial charge in [-0.25, -0.2) is 4.39 Å². The molecule has 2 aliphatic heterocycles. The van der Waals surface area contributed by atoms with Crippen LogP contribution in [0.5, 0.6) is 0 Å². The Bertz CT molecular complexity index is 807. The van der Waals surface area contributed by atoms with Gasteiger partial charge in [0.2, 0.25) is 0 Å². The Hall–Kier alpha value is -2.26. The van der Waals surface area contributed by atoms with Crippen molar-refractivity contribution in [3.8, 4) is 6.07 Å². The van der Waals surface area contributed by atoms with Crippen molar-refractivity contribution in [3.63, 3.8) is 0 Å². The molecule has 25 heavy (non-hydrogen) atoms. The van der Waals surface area contributed by atoms with Crippen LogP contribution in [-0.2, 0) is 19.5 Å². The first-order valence-electron chi connectivity index (χ1n) is 9.11. The zero-order valence-electron chi connectivity index (χ0n) is 14.3. The Kier molecular flexibility index (Phi) is 4.50. The van der Waals surface area contributed by atoms with Gasteiger partial charge in [-0.2, -0.15) is 5.26 Å². The average Bonchev–Trinajstić information content (AvgIpc) is 3.06. The standard InChI is InChI=1S/C19H22FN5/c20-16-8-7-14(12-21)15(11-16)13-24-9-3-1-5-17(24)19-23-22-18-6-2-4-10-25(18)19/h7-8,11,17H,1-6,9-10,13H2/t17-/m0/s1. The van der Waals surface area contributed by atoms with Gasteiger partial charge in [0.05, 0.1) is 17.7 Å². The zero-order valence-corrected chi connectivity index (χ0v) is 14.3. The van der Waals surface area contributed by atoms with E-state index in [2.05, 4.69) is 25.7 Å². The fraction of sp³-hybridized carbons (Fsp3) is 0.526. The largest absolute Gasteiger partial charge is 0.314 e. The number of aromatic nitrogens is 3. The predicted octanol–water partition coefficient (Wildman–Crippen LogP) is 3.35. The van der Waals surface area contributed by atoms with Gasteiger partial charge in [-0.05, 0) is 56.0 Å². The second-order valence-corrected chi connectivity index (χ2v) is 6.98. The number of hydrogen-bond acceptors (Lipinski definition) is 4. The highest BCUT2D eigenvalue weighted by molar-refractivity contribution is 5.37. The third kappa shape index (κ3) is 3.16. The maximum absolute atomic E-state index is 13.7. The van der Waals surface area contributed by atoms with E-state index in [4.69, 9.17) is 0 Å². The van der Waals surface area contributed by atoms with Crippen LogP contribution >= 0.6 is 0 Å². The normalized spacial score (nSPS) is 20.9. The lowest BCUT2D eigenvalue weighted by Crippen LogP contribution is -2.35. The molecular weight excluding hydrogens is 317 g/mol. The summed E-state index contributed by atoms with van der Waals surface area (Å²) in [6.07, 6.45) is 6.68. The molecule has 0 N–H and O–H groups in total. The summed E-state index contributed by atoms with van der Waals surface area (Å²) >= 11 is 0. The Morgan fingerprint density at radius 3 is 2.92 bits per heavy atom. The first-order chi connectivity index (χ1) is 12.3. The molecule has 0 aliphatic carbocycles. The molecule has 1 atom stereocenters. The summed E-state index contributed by atoms with van der Waals surface area (Å²) < 4.78 is 16.0. The maximum Gasteiger partial charge on any atom is 0.150 e. The molecular formula is C19H22FN5. The molecule has 3 heterocycles. The molecule has 0 bridgehead atoms. The Balaban J connectivity index is 1.63. The molecule has 0 saturated carbocycles. The minimum atomic E-state index is -0.289. The molecule has 1 fully saturated rings. The van der Waals surface area contributed by atoms with Crippen LogP contribution in [-0.4, -0.2) is 26.2 Å². The topological polar surface area (TPSA) is 57.7 Å². The molecule has 1 aromatic carbocycles. The van der Waals surface area contributed by atoms with Crippen LogP contribution < -0.4 is 0 Å². The van der Waals surface area contributed by atoms with Gasteiger partial charge in [0.15, 0.2) is 0 Å². The molecule has 1 aromatic heterocycles. The van der Waals surface area contributed by atoms with Crippen LogP contribution in [0.25, 0.3) is 0 Å². The van der Waals surface area contributed by atoms with Crippen LogP contribution in [0.3, 0.4) is 0 Å². The predicted molar refractivity (Wildman–Crippen MR) is 91.1 cm³/mol. The van der Waals surface area contributed by atoms with Gasteiger partial charge in [0, 0.05) is 19.5 Å². The van der Waals surface area contributed by atoms with Crippen LogP contribution in [0.1, 0.15) is 60.9 Å². The number of hydrogen-bond donors (Lipinski definition) is 0. The Labute approximate surface area is 147 Å². The van der Waals surface area contributed by atoms with Crippen LogP contribution in [0.4, 0.5) is 4.39 Å². The second kappa shape index (κ2) is 6.93. The van der Waals surface area contributed by atoms with Crippen molar-refractivity contribution in [2.24, 2.45) is 0 Å². The van der Waals surface area contributed by atoms with E-state index < -0.39 is 0 Å². The molecule has 0 unspecified atom stereocenters. The fourth-order valence-electron chi connectivity index (χ4n) is 4.07. The van der Waals surface area contributed by atoms with E-state index in [0.29, 0.717) is 12.1 Å². The average molecular weight is 339 g/mol. The van der Waals surface area contributed by atoms with E-state index in [1.54, 1.807) is 6.07 Å². The number of nitriles is 1. The van der Waals surface area contributed by atoms with Crippen LogP contribution in [0.15, 0.2) is 18.2 Å². The number of benzene rings is 1. The third-order valence-corrected chi connectivity index (χ3v) is 5.36. The van der Waals surface area contributed by atoms with E-state index in [9.17, 15) is 9.65 Å². The van der Waals surface area contributed by atoms with Gasteiger partial charge in [0.1, 0.15) is 17.5 Å². The van der Waals surface area contributed by atoms with Gasteiger partial charge in [-0.3, -0.25) is 4.90 Å². The van der Waals surface area contributed by atoms with Gasteiger partial charge in [-0.1, -0.05) is 6.42 Å². The van der Waals surface area contributed by atoms with E-state index in [1.807, 2.05) is 0 Å². The highest BCUT2D eigenvalue weighted by Crippen LogP contribution is 2.33. The molecule has 5 nitrogen and oxygen atoms in total. The molecule has 6 heteroatoms. The van der Waals surface area contributed by atoms with E-state index in [-0.39, 0.29) is 11.9 Å². The number of piperidine rings is 1. The lowest BCUT2D eigenvalue weighted by atomic mass is 9.98. The Morgan fingerprint density at radius 1 is 1.16 bits per heavy atom. The highest BCUT2D eigenvalue weighted by atomic mass is 19.1. The zero-order chi connectivity index (χ0) is 17.2. The number of likely N-dealkylation sites (tertiary alicyclic amines) is 1. The van der Waals surface area contributed by atoms with Crippen molar-refractivity contribution >= 4 is 0 Å². The smallest absolute Gasteiger partial charge is 0.150 e. The summed E-state index contributed by atoms with van der Waals surface area (Å²) in [7, 11) is 0. The number of aryl methyl sites for hydroxylation is 1. The summed E-state index contributed by atoms with van der Waals surface area (Å²) in [5.41, 5.74) is 1.31. The lowest BCUT2D eigenvalue weighted by molar-refractivity contribution is 0.129. The summed E-state index contributed by atoms with van der Waals surface area (Å²) in [6.45, 7) is 2.51. The number of nitrogens with zero attached hydrogens (tertiary/aromatic N) is 5. The van der Waals surface area contributed by atoms with Crippen molar-refractivity contribution in [1.29, 1.82) is 5.26 Å². The second-order valence-electron chi connectivity index (χ2n) is 6.98. The first-order valence-corrected chi connectivity index (χ1v) is 9.11. The molecule has 2 aliphatic rings. The molecule has 0 radical (unpaired) electrons. The minimum Gasteiger partial charge on any atom is -0.314 e. The number of halogens is 1. The van der Waals surface area contributed by atoms with E-state index in [1.165, 1.54) is 25.0 Å². The van der Waals surface area contributed by atoms with Crippen LogP contribution in [0.2, 0.25) is 0 Å². The molecule has 4 rings (SSSR count). The fourth-order valence-corrected chi connectivity index (χ4v) is 4.07. The Morgan fingerprint density at radius 2 is 2.04 bits per heavy atom. The molecule has 0 spiro atoms. The SMILES string of the molecule is N#Cc1ccc(F)cc1CN1CCCC[C@H]1c1nnc2n1CCCC2. The third-order valence-electron chi connectivity index (χ3n) is 5.36. The minimum absolute atomic E-state index is 0.197. The van der Waals surface area contributed by atoms with Gasteiger partial charge in [-0.15, -0.1) is 10.2 Å². The van der Waals surface area contributed by atoms with Crippen molar-refractivity contribution in [3.05, 3.63) is 46.8 Å². The highest BCUT2D eigenvalue weighted by Gasteiger charge is 2.30. The monoisotopic (exact) mass is 339 g/mol. The van der Waals surface area contributed by atoms with Crippen molar-refractivity contribution in [2.45, 2.75) is 57.7 Å². The maximum atomic E-state index is 13.7. The molecule has 130 valence electrons. The van der Waals surface area contributed by atoms with Gasteiger partial charge in [0.25, 0.3) is 0 Å². The summed E-state index contributed by atoms with van der Waals surface area (Å²) in [5, 5.41) is 18.2. The quantitative estimate of drug-likeness (QED) is 0.860. The van der Waals surface area contributed by atoms with Gasteiger partial charge >= 0.3 is 0 Å². The van der Waals surface area contributed by atoms with Crippen LogP contribution in [0, 0.1) is 17.1 Å². The summed E-state index contributed by atoms with van der Waals surface area (Å²) in [4.78, 5) is 2.34. The van der Waals surface area contributed by atoms with Gasteiger partial charge < -0.3 is 4.57 Å². The lowest BCUT2D eigenvalue weighted by Gasteiger charge is -2.35. The number of fused-ring (bicyclic) bond motifs is 1. The van der Waals surface area contributed by atoms with Crippen molar-refractivity contribution < 1.29 is 4.39 Å². The molecule has 1 saturated heterocycles.